The SMILES string of the molecule is CCC(OC(=O)c1ccc2nc(-c3ccc(C)cc3)c(-c3ccc(C)cc3)nc2c1)C(=O)Nc1ccc(C(=O)O)cc1. The molecule has 210 valence electrons. The standard InChI is InChI=1S/C34H29N3O5/c1-4-29(32(38)35-26-16-13-24(14-17-26)33(39)40)42-34(41)25-15-18-27-28(19-25)37-31(23-11-7-21(3)8-12-23)30(36-27)22-9-5-20(2)6-10-22/h5-19,29H,4H2,1-3H3,(H,35,38)(H,39,40). The molecule has 0 aliphatic carbocycles. The number of carboxylic acid groups (broad SMARTS) is 1. The van der Waals surface area contributed by atoms with Crippen LogP contribution in [0.4, 0.5) is 5.69 Å². The van der Waals surface area contributed by atoms with Gasteiger partial charge < -0.3 is 15.2 Å². The van der Waals surface area contributed by atoms with Crippen LogP contribution in [0.15, 0.2) is 91.0 Å². The van der Waals surface area contributed by atoms with E-state index in [2.05, 4.69) is 5.32 Å². The first kappa shape index (κ1) is 28.2. The summed E-state index contributed by atoms with van der Waals surface area (Å²) in [6.07, 6.45) is -0.805. The number of amides is 1. The smallest absolute Gasteiger partial charge is 0.338 e. The van der Waals surface area contributed by atoms with Gasteiger partial charge in [0.15, 0.2) is 6.10 Å². The highest BCUT2D eigenvalue weighted by atomic mass is 16.5. The Morgan fingerprint density at radius 2 is 1.26 bits per heavy atom. The lowest BCUT2D eigenvalue weighted by Gasteiger charge is -2.16. The first-order valence-corrected chi connectivity index (χ1v) is 13.5. The molecule has 1 amide bonds. The van der Waals surface area contributed by atoms with Gasteiger partial charge in [-0.1, -0.05) is 66.6 Å². The molecule has 1 heterocycles. The fraction of sp³-hybridized carbons (Fsp3) is 0.147. The molecule has 5 rings (SSSR count). The molecular weight excluding hydrogens is 530 g/mol. The van der Waals surface area contributed by atoms with Gasteiger partial charge in [0.1, 0.15) is 0 Å². The number of esters is 1. The van der Waals surface area contributed by atoms with Crippen LogP contribution < -0.4 is 5.32 Å². The van der Waals surface area contributed by atoms with Crippen LogP contribution >= 0.6 is 0 Å². The summed E-state index contributed by atoms with van der Waals surface area (Å²) in [5.41, 5.74) is 7.41. The van der Waals surface area contributed by atoms with Gasteiger partial charge in [0.2, 0.25) is 0 Å². The van der Waals surface area contributed by atoms with Crippen LogP contribution in [-0.4, -0.2) is 39.0 Å². The van der Waals surface area contributed by atoms with Crippen LogP contribution in [-0.2, 0) is 9.53 Å². The summed E-state index contributed by atoms with van der Waals surface area (Å²) < 4.78 is 5.57. The number of rotatable bonds is 8. The first-order chi connectivity index (χ1) is 20.2. The molecule has 1 atom stereocenters. The van der Waals surface area contributed by atoms with E-state index in [-0.39, 0.29) is 17.5 Å². The van der Waals surface area contributed by atoms with Gasteiger partial charge in [-0.05, 0) is 62.7 Å². The van der Waals surface area contributed by atoms with Crippen LogP contribution in [0.2, 0.25) is 0 Å². The molecule has 1 aromatic heterocycles. The topological polar surface area (TPSA) is 118 Å². The average molecular weight is 560 g/mol. The minimum absolute atomic E-state index is 0.0994. The lowest BCUT2D eigenvalue weighted by Crippen LogP contribution is -2.32. The van der Waals surface area contributed by atoms with Gasteiger partial charge in [0, 0.05) is 16.8 Å². The molecule has 0 fully saturated rings. The van der Waals surface area contributed by atoms with E-state index in [9.17, 15) is 14.4 Å². The van der Waals surface area contributed by atoms with E-state index in [0.29, 0.717) is 22.4 Å². The summed E-state index contributed by atoms with van der Waals surface area (Å²) in [4.78, 5) is 46.9. The summed E-state index contributed by atoms with van der Waals surface area (Å²) in [6, 6.07) is 26.8. The van der Waals surface area contributed by atoms with Crippen LogP contribution in [0.25, 0.3) is 33.5 Å². The van der Waals surface area contributed by atoms with Crippen LogP contribution in [0, 0.1) is 13.8 Å². The van der Waals surface area contributed by atoms with Crippen molar-refractivity contribution >= 4 is 34.6 Å². The Bertz CT molecular complexity index is 1780. The summed E-state index contributed by atoms with van der Waals surface area (Å²) in [6.45, 7) is 5.79. The highest BCUT2D eigenvalue weighted by Crippen LogP contribution is 2.32. The predicted octanol–water partition coefficient (Wildman–Crippen LogP) is 6.85. The Labute approximate surface area is 243 Å². The van der Waals surface area contributed by atoms with Crippen molar-refractivity contribution in [1.29, 1.82) is 0 Å². The van der Waals surface area contributed by atoms with Crippen molar-refractivity contribution in [2.24, 2.45) is 0 Å². The van der Waals surface area contributed by atoms with Gasteiger partial charge in [-0.2, -0.15) is 0 Å². The van der Waals surface area contributed by atoms with Gasteiger partial charge in [0.05, 0.1) is 33.5 Å². The Morgan fingerprint density at radius 3 is 1.79 bits per heavy atom. The van der Waals surface area contributed by atoms with Gasteiger partial charge in [-0.15, -0.1) is 0 Å². The number of hydrogen-bond donors (Lipinski definition) is 2. The molecule has 5 aromatic rings. The highest BCUT2D eigenvalue weighted by Gasteiger charge is 2.23. The summed E-state index contributed by atoms with van der Waals surface area (Å²) in [5, 5.41) is 11.7. The Kier molecular flexibility index (Phi) is 8.06. The second kappa shape index (κ2) is 12.0. The first-order valence-electron chi connectivity index (χ1n) is 13.5. The zero-order chi connectivity index (χ0) is 29.8. The maximum atomic E-state index is 13.1. The van der Waals surface area contributed by atoms with Crippen molar-refractivity contribution in [2.45, 2.75) is 33.3 Å². The number of benzene rings is 4. The van der Waals surface area contributed by atoms with Gasteiger partial charge in [0.25, 0.3) is 5.91 Å². The lowest BCUT2D eigenvalue weighted by molar-refractivity contribution is -0.124. The molecule has 0 aliphatic rings. The predicted molar refractivity (Wildman–Crippen MR) is 161 cm³/mol. The quantitative estimate of drug-likeness (QED) is 0.200. The van der Waals surface area contributed by atoms with Gasteiger partial charge in [-0.3, -0.25) is 4.79 Å². The van der Waals surface area contributed by atoms with E-state index in [1.165, 1.54) is 24.3 Å². The number of ether oxygens (including phenoxy) is 1. The number of fused-ring (bicyclic) bond motifs is 1. The molecule has 1 unspecified atom stereocenters. The zero-order valence-corrected chi connectivity index (χ0v) is 23.4. The Hall–Kier alpha value is -5.37. The van der Waals surface area contributed by atoms with Crippen molar-refractivity contribution in [3.05, 3.63) is 113 Å². The van der Waals surface area contributed by atoms with Crippen molar-refractivity contribution < 1.29 is 24.2 Å². The van der Waals surface area contributed by atoms with E-state index in [1.54, 1.807) is 25.1 Å². The molecule has 8 heteroatoms. The average Bonchev–Trinajstić information content (AvgIpc) is 3.00. The number of nitrogens with zero attached hydrogens (tertiary/aromatic N) is 2. The molecule has 0 saturated carbocycles. The van der Waals surface area contributed by atoms with E-state index in [1.807, 2.05) is 62.4 Å². The van der Waals surface area contributed by atoms with E-state index < -0.39 is 23.9 Å². The zero-order valence-electron chi connectivity index (χ0n) is 23.4. The lowest BCUT2D eigenvalue weighted by atomic mass is 10.0. The van der Waals surface area contributed by atoms with Crippen LogP contribution in [0.3, 0.4) is 0 Å². The minimum Gasteiger partial charge on any atom is -0.478 e. The van der Waals surface area contributed by atoms with Crippen molar-refractivity contribution in [3.8, 4) is 22.5 Å². The summed E-state index contributed by atoms with van der Waals surface area (Å²) in [5.74, 6) is -2.24. The van der Waals surface area contributed by atoms with Crippen molar-refractivity contribution in [3.63, 3.8) is 0 Å². The molecule has 0 saturated heterocycles. The van der Waals surface area contributed by atoms with Crippen LogP contribution in [0.1, 0.15) is 45.2 Å². The monoisotopic (exact) mass is 559 g/mol. The number of carbonyl (C=O) groups is 3. The molecule has 42 heavy (non-hydrogen) atoms. The number of aromatic nitrogens is 2. The molecular formula is C34H29N3O5. The third-order valence-corrected chi connectivity index (χ3v) is 6.86. The Morgan fingerprint density at radius 1 is 0.738 bits per heavy atom. The third kappa shape index (κ3) is 6.18. The van der Waals surface area contributed by atoms with Gasteiger partial charge >= 0.3 is 11.9 Å². The number of anilines is 1. The largest absolute Gasteiger partial charge is 0.478 e. The second-order valence-electron chi connectivity index (χ2n) is 10.0. The fourth-order valence-corrected chi connectivity index (χ4v) is 4.45. The molecule has 8 nitrogen and oxygen atoms in total. The number of hydrogen-bond acceptors (Lipinski definition) is 6. The third-order valence-electron chi connectivity index (χ3n) is 6.86. The number of aryl methyl sites for hydroxylation is 2. The van der Waals surface area contributed by atoms with Gasteiger partial charge in [-0.25, -0.2) is 19.6 Å². The van der Waals surface area contributed by atoms with E-state index >= 15 is 0 Å². The minimum atomic E-state index is -1.06. The second-order valence-corrected chi connectivity index (χ2v) is 10.0. The molecule has 0 aliphatic heterocycles. The number of carbonyl (C=O) groups excluding carboxylic acids is 2. The highest BCUT2D eigenvalue weighted by molar-refractivity contribution is 5.99. The Balaban J connectivity index is 1.42. The molecule has 0 spiro atoms. The molecule has 4 aromatic carbocycles. The van der Waals surface area contributed by atoms with Crippen molar-refractivity contribution in [2.75, 3.05) is 5.32 Å². The molecule has 0 bridgehead atoms. The van der Waals surface area contributed by atoms with E-state index in [0.717, 1.165) is 27.9 Å². The summed E-state index contributed by atoms with van der Waals surface area (Å²) in [7, 11) is 0. The maximum Gasteiger partial charge on any atom is 0.338 e. The number of nitrogens with one attached hydrogen (secondary N) is 1. The normalized spacial score (nSPS) is 11.6. The molecule has 0 radical (unpaired) electrons. The number of carboxylic acids is 1. The maximum absolute atomic E-state index is 13.1. The molecule has 2 N–H and O–H groups in total. The van der Waals surface area contributed by atoms with Crippen LogP contribution in [0.5, 0.6) is 0 Å². The van der Waals surface area contributed by atoms with E-state index in [4.69, 9.17) is 19.8 Å². The number of aromatic carboxylic acids is 1. The fourth-order valence-electron chi connectivity index (χ4n) is 4.45. The van der Waals surface area contributed by atoms with Crippen molar-refractivity contribution in [1.82, 2.24) is 9.97 Å². The summed E-state index contributed by atoms with van der Waals surface area (Å²) >= 11 is 0.